The van der Waals surface area contributed by atoms with E-state index in [1.165, 1.54) is 33.4 Å². The van der Waals surface area contributed by atoms with Crippen LogP contribution in [0.5, 0.6) is 0 Å². The Labute approximate surface area is 180 Å². The van der Waals surface area contributed by atoms with E-state index >= 15 is 0 Å². The minimum absolute atomic E-state index is 0.406. The Morgan fingerprint density at radius 2 is 0.833 bits per heavy atom. The summed E-state index contributed by atoms with van der Waals surface area (Å²) in [5.74, 6) is 0. The second-order valence-electron chi connectivity index (χ2n) is 9.67. The average molecular weight is 417 g/mol. The van der Waals surface area contributed by atoms with Crippen molar-refractivity contribution in [2.45, 2.75) is 65.2 Å². The van der Waals surface area contributed by atoms with E-state index in [-0.39, 0.29) is 0 Å². The van der Waals surface area contributed by atoms with Gasteiger partial charge in [-0.25, -0.2) is 0 Å². The molecule has 0 aromatic heterocycles. The Kier molecular flexibility index (Phi) is 5.90. The van der Waals surface area contributed by atoms with Gasteiger partial charge < -0.3 is 18.9 Å². The molecule has 0 spiro atoms. The summed E-state index contributed by atoms with van der Waals surface area (Å²) >= 11 is 0. The minimum atomic E-state index is 0.406. The zero-order valence-corrected chi connectivity index (χ0v) is 18.9. The van der Waals surface area contributed by atoms with Gasteiger partial charge in [-0.2, -0.15) is 0 Å². The third kappa shape index (κ3) is 5.23. The maximum atomic E-state index is 5.53. The molecule has 4 saturated heterocycles. The monoisotopic (exact) mass is 416 g/mol. The Balaban J connectivity index is 1.38. The van der Waals surface area contributed by atoms with Gasteiger partial charge in [-0.3, -0.25) is 9.80 Å². The first kappa shape index (κ1) is 20.9. The van der Waals surface area contributed by atoms with Crippen molar-refractivity contribution in [2.24, 2.45) is 0 Å². The van der Waals surface area contributed by atoms with Gasteiger partial charge in [0, 0.05) is 39.3 Å². The maximum absolute atomic E-state index is 5.53. The molecule has 166 valence electrons. The van der Waals surface area contributed by atoms with Crippen LogP contribution >= 0.6 is 0 Å². The fraction of sp³-hybridized carbons (Fsp3) is 0.750. The van der Waals surface area contributed by atoms with Crippen LogP contribution < -0.4 is 0 Å². The molecule has 4 unspecified atom stereocenters. The molecule has 1 aromatic rings. The molecule has 6 heteroatoms. The number of nitrogens with zero attached hydrogens (tertiary/aromatic N) is 2. The lowest BCUT2D eigenvalue weighted by atomic mass is 9.88. The summed E-state index contributed by atoms with van der Waals surface area (Å²) < 4.78 is 22.1. The molecule has 0 bridgehead atoms. The highest BCUT2D eigenvalue weighted by Gasteiger charge is 2.33. The Bertz CT molecular complexity index is 693. The fourth-order valence-electron chi connectivity index (χ4n) is 4.65. The van der Waals surface area contributed by atoms with Crippen molar-refractivity contribution in [3.8, 4) is 0 Å². The number of hydrogen-bond donors (Lipinski definition) is 0. The molecule has 30 heavy (non-hydrogen) atoms. The van der Waals surface area contributed by atoms with E-state index in [1.807, 2.05) is 0 Å². The van der Waals surface area contributed by atoms with E-state index in [2.05, 4.69) is 37.5 Å². The van der Waals surface area contributed by atoms with Gasteiger partial charge in [-0.15, -0.1) is 0 Å². The standard InChI is InChI=1S/C24H36N2O4/c1-15-16(2)23(9-25(5-19-11-27-19)6-20-12-28-20)18(4)24(17(15)3)10-26(7-21-13-29-21)8-22-14-30-22/h19-22H,5-14H2,1-4H3. The molecule has 0 saturated carbocycles. The highest BCUT2D eigenvalue weighted by molar-refractivity contribution is 5.50. The topological polar surface area (TPSA) is 56.6 Å². The van der Waals surface area contributed by atoms with Gasteiger partial charge in [0.15, 0.2) is 0 Å². The van der Waals surface area contributed by atoms with E-state index in [0.29, 0.717) is 24.4 Å². The summed E-state index contributed by atoms with van der Waals surface area (Å²) in [5.41, 5.74) is 8.73. The summed E-state index contributed by atoms with van der Waals surface area (Å²) in [6.45, 7) is 18.8. The highest BCUT2D eigenvalue weighted by atomic mass is 16.6. The number of hydrogen-bond acceptors (Lipinski definition) is 6. The van der Waals surface area contributed by atoms with E-state index in [1.54, 1.807) is 0 Å². The predicted octanol–water partition coefficient (Wildman–Crippen LogP) is 2.12. The first-order chi connectivity index (χ1) is 14.5. The summed E-state index contributed by atoms with van der Waals surface area (Å²) in [6, 6.07) is 0. The molecule has 0 amide bonds. The van der Waals surface area contributed by atoms with Gasteiger partial charge >= 0.3 is 0 Å². The molecule has 0 radical (unpaired) electrons. The number of ether oxygens (including phenoxy) is 4. The van der Waals surface area contributed by atoms with Gasteiger partial charge in [-0.1, -0.05) is 0 Å². The average Bonchev–Trinajstić information content (AvgIpc) is 3.54. The molecule has 0 N–H and O–H groups in total. The lowest BCUT2D eigenvalue weighted by Gasteiger charge is -2.29. The summed E-state index contributed by atoms with van der Waals surface area (Å²) in [7, 11) is 0. The smallest absolute Gasteiger partial charge is 0.0936 e. The first-order valence-electron chi connectivity index (χ1n) is 11.5. The van der Waals surface area contributed by atoms with Crippen LogP contribution in [0.1, 0.15) is 33.4 Å². The van der Waals surface area contributed by atoms with Gasteiger partial charge in [-0.05, 0) is 61.1 Å². The van der Waals surface area contributed by atoms with Gasteiger partial charge in [0.2, 0.25) is 0 Å². The SMILES string of the molecule is Cc1c(C)c(CN(CC2CO2)CC2CO2)c(C)c(CN(CC2CO2)CC2CO2)c1C. The van der Waals surface area contributed by atoms with Gasteiger partial charge in [0.25, 0.3) is 0 Å². The molecular formula is C24H36N2O4. The lowest BCUT2D eigenvalue weighted by molar-refractivity contribution is 0.209. The van der Waals surface area contributed by atoms with Crippen LogP contribution in [0.4, 0.5) is 0 Å². The molecule has 6 nitrogen and oxygen atoms in total. The van der Waals surface area contributed by atoms with Crippen molar-refractivity contribution in [3.05, 3.63) is 33.4 Å². The lowest BCUT2D eigenvalue weighted by Crippen LogP contribution is -2.33. The van der Waals surface area contributed by atoms with Crippen LogP contribution in [-0.4, -0.2) is 86.8 Å². The second-order valence-corrected chi connectivity index (χ2v) is 9.67. The molecule has 4 heterocycles. The van der Waals surface area contributed by atoms with E-state index < -0.39 is 0 Å². The van der Waals surface area contributed by atoms with Crippen molar-refractivity contribution in [2.75, 3.05) is 52.6 Å². The first-order valence-corrected chi connectivity index (χ1v) is 11.5. The highest BCUT2D eigenvalue weighted by Crippen LogP contribution is 2.31. The molecule has 4 fully saturated rings. The molecule has 4 aliphatic heterocycles. The van der Waals surface area contributed by atoms with Crippen molar-refractivity contribution >= 4 is 0 Å². The molecule has 4 aliphatic rings. The number of benzene rings is 1. The predicted molar refractivity (Wildman–Crippen MR) is 115 cm³/mol. The molecule has 4 atom stereocenters. The van der Waals surface area contributed by atoms with E-state index in [0.717, 1.165) is 65.7 Å². The number of epoxide rings is 4. The van der Waals surface area contributed by atoms with Crippen LogP contribution in [-0.2, 0) is 32.0 Å². The van der Waals surface area contributed by atoms with Crippen LogP contribution in [0.3, 0.4) is 0 Å². The summed E-state index contributed by atoms with van der Waals surface area (Å²) in [6.07, 6.45) is 1.62. The van der Waals surface area contributed by atoms with Crippen LogP contribution in [0, 0.1) is 27.7 Å². The van der Waals surface area contributed by atoms with Crippen LogP contribution in [0.15, 0.2) is 0 Å². The zero-order chi connectivity index (χ0) is 20.8. The van der Waals surface area contributed by atoms with Crippen molar-refractivity contribution < 1.29 is 18.9 Å². The molecular weight excluding hydrogens is 380 g/mol. The van der Waals surface area contributed by atoms with Crippen molar-refractivity contribution in [1.29, 1.82) is 0 Å². The largest absolute Gasteiger partial charge is 0.372 e. The zero-order valence-electron chi connectivity index (χ0n) is 18.9. The van der Waals surface area contributed by atoms with Crippen molar-refractivity contribution in [3.63, 3.8) is 0 Å². The van der Waals surface area contributed by atoms with Gasteiger partial charge in [0.1, 0.15) is 0 Å². The maximum Gasteiger partial charge on any atom is 0.0936 e. The van der Waals surface area contributed by atoms with Gasteiger partial charge in [0.05, 0.1) is 50.8 Å². The fourth-order valence-corrected chi connectivity index (χ4v) is 4.65. The molecule has 5 rings (SSSR count). The third-order valence-corrected chi connectivity index (χ3v) is 7.16. The Morgan fingerprint density at radius 3 is 1.10 bits per heavy atom. The normalized spacial score (nSPS) is 29.0. The number of rotatable bonds is 12. The van der Waals surface area contributed by atoms with E-state index in [4.69, 9.17) is 18.9 Å². The second kappa shape index (κ2) is 8.49. The molecule has 1 aromatic carbocycles. The summed E-state index contributed by atoms with van der Waals surface area (Å²) in [4.78, 5) is 5.08. The van der Waals surface area contributed by atoms with Crippen LogP contribution in [0.25, 0.3) is 0 Å². The third-order valence-electron chi connectivity index (χ3n) is 7.16. The van der Waals surface area contributed by atoms with E-state index in [9.17, 15) is 0 Å². The van der Waals surface area contributed by atoms with Crippen molar-refractivity contribution in [1.82, 2.24) is 9.80 Å². The Morgan fingerprint density at radius 1 is 0.533 bits per heavy atom. The quantitative estimate of drug-likeness (QED) is 0.487. The minimum Gasteiger partial charge on any atom is -0.372 e. The molecule has 0 aliphatic carbocycles. The van der Waals surface area contributed by atoms with Crippen LogP contribution in [0.2, 0.25) is 0 Å². The Hall–Kier alpha value is -1.02. The summed E-state index contributed by atoms with van der Waals surface area (Å²) in [5, 5.41) is 0.